The minimum Gasteiger partial charge on any atom is -0.398 e. The molecule has 0 aromatic heterocycles. The Balaban J connectivity index is 2.97. The van der Waals surface area contributed by atoms with Gasteiger partial charge in [-0.25, -0.2) is 0 Å². The van der Waals surface area contributed by atoms with Crippen molar-refractivity contribution in [2.75, 3.05) is 5.73 Å². The molecule has 66 valence electrons. The summed E-state index contributed by atoms with van der Waals surface area (Å²) < 4.78 is 0. The van der Waals surface area contributed by atoms with Crippen LogP contribution in [-0.2, 0) is 0 Å². The second-order valence-corrected chi connectivity index (χ2v) is 3.45. The van der Waals surface area contributed by atoms with E-state index >= 15 is 0 Å². The van der Waals surface area contributed by atoms with Crippen molar-refractivity contribution in [3.8, 4) is 0 Å². The van der Waals surface area contributed by atoms with Crippen LogP contribution in [0.4, 0.5) is 5.69 Å². The lowest BCUT2D eigenvalue weighted by Gasteiger charge is -2.08. The first kappa shape index (κ1) is 8.11. The van der Waals surface area contributed by atoms with E-state index < -0.39 is 0 Å². The lowest BCUT2D eigenvalue weighted by Crippen LogP contribution is -1.91. The molecule has 2 N–H and O–H groups in total. The van der Waals surface area contributed by atoms with Gasteiger partial charge in [0.05, 0.1) is 0 Å². The Morgan fingerprint density at radius 3 is 2.31 bits per heavy atom. The highest BCUT2D eigenvalue weighted by Crippen LogP contribution is 2.26. The lowest BCUT2D eigenvalue weighted by molar-refractivity contribution is 1.38. The van der Waals surface area contributed by atoms with Gasteiger partial charge in [-0.2, -0.15) is 0 Å². The summed E-state index contributed by atoms with van der Waals surface area (Å²) in [7, 11) is 0. The summed E-state index contributed by atoms with van der Waals surface area (Å²) in [5, 5.41) is 2.42. The number of nitrogens with two attached hydrogens (primary N) is 1. The zero-order valence-electron chi connectivity index (χ0n) is 7.96. The van der Waals surface area contributed by atoms with Gasteiger partial charge < -0.3 is 5.73 Å². The van der Waals surface area contributed by atoms with Crippen molar-refractivity contribution >= 4 is 16.5 Å². The Hall–Kier alpha value is -1.50. The molecule has 2 rings (SSSR count). The van der Waals surface area contributed by atoms with E-state index in [1.54, 1.807) is 0 Å². The Morgan fingerprint density at radius 1 is 1.00 bits per heavy atom. The molecule has 0 radical (unpaired) electrons. The van der Waals surface area contributed by atoms with Crippen LogP contribution in [0.25, 0.3) is 10.8 Å². The van der Waals surface area contributed by atoms with Gasteiger partial charge in [-0.05, 0) is 36.4 Å². The number of hydrogen-bond acceptors (Lipinski definition) is 1. The van der Waals surface area contributed by atoms with E-state index in [2.05, 4.69) is 26.0 Å². The molecular weight excluding hydrogens is 158 g/mol. The predicted octanol–water partition coefficient (Wildman–Crippen LogP) is 3.04. The van der Waals surface area contributed by atoms with Gasteiger partial charge >= 0.3 is 0 Å². The first-order chi connectivity index (χ1) is 6.20. The molecule has 0 spiro atoms. The maximum absolute atomic E-state index is 5.93. The van der Waals surface area contributed by atoms with E-state index in [1.165, 1.54) is 16.5 Å². The van der Waals surface area contributed by atoms with Gasteiger partial charge in [0.1, 0.15) is 0 Å². The van der Waals surface area contributed by atoms with Crippen molar-refractivity contribution in [3.05, 3.63) is 41.5 Å². The van der Waals surface area contributed by atoms with Crippen LogP contribution in [0.5, 0.6) is 0 Å². The van der Waals surface area contributed by atoms with Crippen molar-refractivity contribution in [2.45, 2.75) is 13.8 Å². The fraction of sp³-hybridized carbons (Fsp3) is 0.167. The molecule has 0 unspecified atom stereocenters. The molecule has 2 aromatic rings. The van der Waals surface area contributed by atoms with E-state index in [-0.39, 0.29) is 0 Å². The quantitative estimate of drug-likeness (QED) is 0.606. The summed E-state index contributed by atoms with van der Waals surface area (Å²) in [6.07, 6.45) is 0. The Kier molecular flexibility index (Phi) is 1.73. The van der Waals surface area contributed by atoms with Crippen LogP contribution in [-0.4, -0.2) is 0 Å². The molecule has 0 heterocycles. The molecular formula is C12H13N. The monoisotopic (exact) mass is 171 g/mol. The average Bonchev–Trinajstić information content (AvgIpc) is 2.15. The molecule has 13 heavy (non-hydrogen) atoms. The third-order valence-electron chi connectivity index (χ3n) is 2.61. The van der Waals surface area contributed by atoms with E-state index in [1.807, 2.05) is 18.2 Å². The molecule has 0 fully saturated rings. The number of aryl methyl sites for hydroxylation is 2. The lowest BCUT2D eigenvalue weighted by atomic mass is 9.99. The summed E-state index contributed by atoms with van der Waals surface area (Å²) in [4.78, 5) is 0. The fourth-order valence-corrected chi connectivity index (χ4v) is 1.69. The highest BCUT2D eigenvalue weighted by atomic mass is 14.5. The van der Waals surface area contributed by atoms with Crippen molar-refractivity contribution in [3.63, 3.8) is 0 Å². The predicted molar refractivity (Wildman–Crippen MR) is 57.8 cm³/mol. The zero-order chi connectivity index (χ0) is 9.42. The van der Waals surface area contributed by atoms with Crippen LogP contribution in [0.3, 0.4) is 0 Å². The zero-order valence-corrected chi connectivity index (χ0v) is 7.96. The Labute approximate surface area is 78.2 Å². The highest BCUT2D eigenvalue weighted by molar-refractivity contribution is 5.95. The summed E-state index contributed by atoms with van der Waals surface area (Å²) in [5.41, 5.74) is 9.38. The topological polar surface area (TPSA) is 26.0 Å². The number of anilines is 1. The van der Waals surface area contributed by atoms with Gasteiger partial charge in [-0.3, -0.25) is 0 Å². The van der Waals surface area contributed by atoms with Crippen LogP contribution in [0.1, 0.15) is 11.1 Å². The van der Waals surface area contributed by atoms with Crippen molar-refractivity contribution in [1.82, 2.24) is 0 Å². The maximum atomic E-state index is 5.93. The van der Waals surface area contributed by atoms with E-state index in [4.69, 9.17) is 5.73 Å². The molecule has 0 aliphatic heterocycles. The van der Waals surface area contributed by atoms with Gasteiger partial charge in [0.2, 0.25) is 0 Å². The largest absolute Gasteiger partial charge is 0.398 e. The molecule has 2 aromatic carbocycles. The molecule has 0 aliphatic carbocycles. The maximum Gasteiger partial charge on any atom is 0.0396 e. The molecule has 0 aliphatic rings. The first-order valence-corrected chi connectivity index (χ1v) is 4.44. The number of hydrogen-bond donors (Lipinski definition) is 1. The SMILES string of the molecule is Cc1cc(N)c2ccccc2c1C. The van der Waals surface area contributed by atoms with Crippen molar-refractivity contribution < 1.29 is 0 Å². The van der Waals surface area contributed by atoms with E-state index in [0.29, 0.717) is 0 Å². The molecule has 1 heteroatoms. The Morgan fingerprint density at radius 2 is 1.62 bits per heavy atom. The first-order valence-electron chi connectivity index (χ1n) is 4.44. The standard InChI is InChI=1S/C12H13N/c1-8-7-12(13)11-6-4-3-5-10(11)9(8)2/h3-7H,13H2,1-2H3. The average molecular weight is 171 g/mol. The van der Waals surface area contributed by atoms with Crippen LogP contribution >= 0.6 is 0 Å². The normalized spacial score (nSPS) is 10.6. The van der Waals surface area contributed by atoms with Crippen molar-refractivity contribution in [2.24, 2.45) is 0 Å². The molecule has 0 atom stereocenters. The molecule has 0 amide bonds. The Bertz CT molecular complexity index is 458. The van der Waals surface area contributed by atoms with Crippen LogP contribution in [0, 0.1) is 13.8 Å². The molecule has 1 nitrogen and oxygen atoms in total. The third kappa shape index (κ3) is 1.17. The van der Waals surface area contributed by atoms with E-state index in [9.17, 15) is 0 Å². The number of fused-ring (bicyclic) bond motifs is 1. The number of rotatable bonds is 0. The summed E-state index contributed by atoms with van der Waals surface area (Å²) in [6.45, 7) is 4.23. The molecule has 0 saturated carbocycles. The second kappa shape index (κ2) is 2.77. The minimum atomic E-state index is 0.874. The summed E-state index contributed by atoms with van der Waals surface area (Å²) in [5.74, 6) is 0. The third-order valence-corrected chi connectivity index (χ3v) is 2.61. The fourth-order valence-electron chi connectivity index (χ4n) is 1.69. The van der Waals surface area contributed by atoms with Crippen LogP contribution in [0.15, 0.2) is 30.3 Å². The number of nitrogen functional groups attached to an aromatic ring is 1. The summed E-state index contributed by atoms with van der Waals surface area (Å²) >= 11 is 0. The van der Waals surface area contributed by atoms with E-state index in [0.717, 1.165) is 11.1 Å². The van der Waals surface area contributed by atoms with Crippen LogP contribution < -0.4 is 5.73 Å². The van der Waals surface area contributed by atoms with Gasteiger partial charge in [0.25, 0.3) is 0 Å². The van der Waals surface area contributed by atoms with Gasteiger partial charge in [-0.15, -0.1) is 0 Å². The molecule has 0 bridgehead atoms. The smallest absolute Gasteiger partial charge is 0.0396 e. The molecule has 0 saturated heterocycles. The minimum absolute atomic E-state index is 0.874. The van der Waals surface area contributed by atoms with Gasteiger partial charge in [0, 0.05) is 11.1 Å². The van der Waals surface area contributed by atoms with Gasteiger partial charge in [0.15, 0.2) is 0 Å². The van der Waals surface area contributed by atoms with Gasteiger partial charge in [-0.1, -0.05) is 24.3 Å². The van der Waals surface area contributed by atoms with Crippen LogP contribution in [0.2, 0.25) is 0 Å². The second-order valence-electron chi connectivity index (χ2n) is 3.45. The van der Waals surface area contributed by atoms with Crippen molar-refractivity contribution in [1.29, 1.82) is 0 Å². The summed E-state index contributed by atoms with van der Waals surface area (Å²) in [6, 6.07) is 10.3. The highest BCUT2D eigenvalue weighted by Gasteiger charge is 2.02. The number of benzene rings is 2.